The maximum atomic E-state index is 13.3. The van der Waals surface area contributed by atoms with Gasteiger partial charge in [-0.15, -0.1) is 0 Å². The van der Waals surface area contributed by atoms with E-state index in [-0.39, 0.29) is 12.0 Å². The zero-order chi connectivity index (χ0) is 24.0. The maximum Gasteiger partial charge on any atom is 0.252 e. The Morgan fingerprint density at radius 2 is 1.80 bits per heavy atom. The molecule has 0 fully saturated rings. The van der Waals surface area contributed by atoms with Gasteiger partial charge in [0.2, 0.25) is 0 Å². The molecule has 3 aromatic carbocycles. The first-order valence-electron chi connectivity index (χ1n) is 11.7. The van der Waals surface area contributed by atoms with Crippen molar-refractivity contribution in [2.24, 2.45) is 0 Å². The molecule has 7 heteroatoms. The van der Waals surface area contributed by atoms with Crippen LogP contribution < -0.4 is 24.4 Å². The molecule has 0 saturated heterocycles. The summed E-state index contributed by atoms with van der Waals surface area (Å²) in [4.78, 5) is 17.1. The molecule has 2 aliphatic heterocycles. The largest absolute Gasteiger partial charge is 0.497 e. The van der Waals surface area contributed by atoms with E-state index in [1.807, 2.05) is 71.6 Å². The van der Waals surface area contributed by atoms with Crippen LogP contribution in [0.1, 0.15) is 12.0 Å². The molecule has 0 radical (unpaired) electrons. The number of carbonyl (C=O) groups is 1. The minimum atomic E-state index is -0.0307. The number of ether oxygens (including phenoxy) is 3. The van der Waals surface area contributed by atoms with Gasteiger partial charge in [-0.25, -0.2) is 0 Å². The summed E-state index contributed by atoms with van der Waals surface area (Å²) >= 11 is 1.62. The second kappa shape index (κ2) is 10.9. The summed E-state index contributed by atoms with van der Waals surface area (Å²) < 4.78 is 17.1. The van der Waals surface area contributed by atoms with Crippen LogP contribution in [0.5, 0.6) is 17.2 Å². The van der Waals surface area contributed by atoms with Crippen LogP contribution in [-0.2, 0) is 4.79 Å². The Morgan fingerprint density at radius 3 is 2.63 bits per heavy atom. The first-order chi connectivity index (χ1) is 17.2. The summed E-state index contributed by atoms with van der Waals surface area (Å²) in [7, 11) is 1.65. The Bertz CT molecular complexity index is 1210. The first-order valence-corrected chi connectivity index (χ1v) is 12.6. The van der Waals surface area contributed by atoms with E-state index in [0.29, 0.717) is 19.7 Å². The molecule has 2 aliphatic rings. The first kappa shape index (κ1) is 23.3. The van der Waals surface area contributed by atoms with Crippen molar-refractivity contribution in [1.82, 2.24) is 5.32 Å². The molecule has 1 N–H and O–H groups in total. The fraction of sp³-hybridized carbons (Fsp3) is 0.250. The van der Waals surface area contributed by atoms with Crippen LogP contribution in [0.2, 0.25) is 0 Å². The van der Waals surface area contributed by atoms with Crippen LogP contribution in [-0.4, -0.2) is 45.4 Å². The van der Waals surface area contributed by atoms with E-state index in [4.69, 9.17) is 14.2 Å². The normalized spacial score (nSPS) is 16.8. The van der Waals surface area contributed by atoms with Gasteiger partial charge < -0.3 is 24.4 Å². The van der Waals surface area contributed by atoms with Crippen LogP contribution >= 0.6 is 11.8 Å². The predicted octanol–water partition coefficient (Wildman–Crippen LogP) is 4.99. The van der Waals surface area contributed by atoms with Crippen molar-refractivity contribution in [2.75, 3.05) is 38.3 Å². The number of rotatable bonds is 8. The predicted molar refractivity (Wildman–Crippen MR) is 139 cm³/mol. The SMILES string of the molecule is COc1ccc(C2=CC(=O)N(CCCNC[C@@H]3COc4ccccc4O3)c3ccccc3S2)cc1. The van der Waals surface area contributed by atoms with Crippen molar-refractivity contribution in [2.45, 2.75) is 17.4 Å². The highest BCUT2D eigenvalue weighted by Crippen LogP contribution is 2.42. The second-order valence-electron chi connectivity index (χ2n) is 8.35. The van der Waals surface area contributed by atoms with Crippen molar-refractivity contribution >= 4 is 28.3 Å². The van der Waals surface area contributed by atoms with E-state index in [1.165, 1.54) is 0 Å². The van der Waals surface area contributed by atoms with Crippen molar-refractivity contribution in [3.8, 4) is 17.2 Å². The third-order valence-corrected chi connectivity index (χ3v) is 7.08. The molecule has 2 heterocycles. The number of thioether (sulfide) groups is 1. The number of para-hydroxylation sites is 3. The van der Waals surface area contributed by atoms with Gasteiger partial charge in [-0.2, -0.15) is 0 Å². The highest BCUT2D eigenvalue weighted by molar-refractivity contribution is 8.08. The van der Waals surface area contributed by atoms with E-state index in [9.17, 15) is 4.79 Å². The number of nitrogens with one attached hydrogen (secondary N) is 1. The molecule has 180 valence electrons. The third-order valence-electron chi connectivity index (χ3n) is 5.95. The molecule has 0 bridgehead atoms. The number of amides is 1. The quantitative estimate of drug-likeness (QED) is 0.451. The highest BCUT2D eigenvalue weighted by atomic mass is 32.2. The summed E-state index contributed by atoms with van der Waals surface area (Å²) in [5, 5.41) is 3.45. The Kier molecular flexibility index (Phi) is 7.25. The fourth-order valence-electron chi connectivity index (χ4n) is 4.14. The van der Waals surface area contributed by atoms with Gasteiger partial charge in [0.05, 0.1) is 12.8 Å². The van der Waals surface area contributed by atoms with Crippen LogP contribution in [0.15, 0.2) is 83.8 Å². The van der Waals surface area contributed by atoms with E-state index in [1.54, 1.807) is 24.9 Å². The average Bonchev–Trinajstić information content (AvgIpc) is 3.04. The highest BCUT2D eigenvalue weighted by Gasteiger charge is 2.24. The van der Waals surface area contributed by atoms with Crippen LogP contribution in [0.3, 0.4) is 0 Å². The number of hydrogen-bond acceptors (Lipinski definition) is 6. The number of anilines is 1. The molecule has 3 aromatic rings. The number of hydrogen-bond donors (Lipinski definition) is 1. The van der Waals surface area contributed by atoms with Crippen molar-refractivity contribution in [3.63, 3.8) is 0 Å². The van der Waals surface area contributed by atoms with E-state index < -0.39 is 0 Å². The minimum Gasteiger partial charge on any atom is -0.497 e. The number of carbonyl (C=O) groups excluding carboxylic acids is 1. The van der Waals surface area contributed by atoms with Gasteiger partial charge in [-0.3, -0.25) is 4.79 Å². The molecule has 5 rings (SSSR count). The molecule has 6 nitrogen and oxygen atoms in total. The molecule has 1 atom stereocenters. The summed E-state index contributed by atoms with van der Waals surface area (Å²) in [6.07, 6.45) is 2.53. The third kappa shape index (κ3) is 5.47. The number of methoxy groups -OCH3 is 1. The molecule has 0 saturated carbocycles. The van der Waals surface area contributed by atoms with Crippen LogP contribution in [0.25, 0.3) is 4.91 Å². The summed E-state index contributed by atoms with van der Waals surface area (Å²) in [5.41, 5.74) is 1.95. The van der Waals surface area contributed by atoms with Gasteiger partial charge in [0, 0.05) is 29.0 Å². The Hall–Kier alpha value is -3.42. The van der Waals surface area contributed by atoms with Gasteiger partial charge >= 0.3 is 0 Å². The topological polar surface area (TPSA) is 60.0 Å². The molecule has 35 heavy (non-hydrogen) atoms. The zero-order valence-corrected chi connectivity index (χ0v) is 20.4. The van der Waals surface area contributed by atoms with Crippen LogP contribution in [0, 0.1) is 0 Å². The summed E-state index contributed by atoms with van der Waals surface area (Å²) in [6, 6.07) is 23.6. The molecular weight excluding hydrogens is 460 g/mol. The Labute approximate surface area is 209 Å². The molecule has 0 unspecified atom stereocenters. The lowest BCUT2D eigenvalue weighted by Crippen LogP contribution is -2.39. The lowest BCUT2D eigenvalue weighted by atomic mass is 10.2. The van der Waals surface area contributed by atoms with Gasteiger partial charge in [-0.05, 0) is 54.9 Å². The van der Waals surface area contributed by atoms with Crippen molar-refractivity contribution in [3.05, 3.63) is 84.4 Å². The van der Waals surface area contributed by atoms with Gasteiger partial charge in [0.15, 0.2) is 11.5 Å². The molecule has 1 amide bonds. The van der Waals surface area contributed by atoms with Crippen molar-refractivity contribution in [1.29, 1.82) is 0 Å². The van der Waals surface area contributed by atoms with Gasteiger partial charge in [0.25, 0.3) is 5.91 Å². The lowest BCUT2D eigenvalue weighted by Gasteiger charge is -2.27. The summed E-state index contributed by atoms with van der Waals surface area (Å²) in [6.45, 7) is 2.62. The van der Waals surface area contributed by atoms with Gasteiger partial charge in [-0.1, -0.05) is 48.2 Å². The van der Waals surface area contributed by atoms with Crippen LogP contribution in [0.4, 0.5) is 5.69 Å². The average molecular weight is 489 g/mol. The standard InChI is InChI=1S/C28H28N2O4S/c1-32-21-13-11-20(12-14-21)27-17-28(31)30(23-7-2-5-10-26(23)35-27)16-6-15-29-18-22-19-33-24-8-3-4-9-25(24)34-22/h2-5,7-14,17,22,29H,6,15-16,18-19H2,1H3/t22-/m1/s1. The van der Waals surface area contributed by atoms with E-state index >= 15 is 0 Å². The van der Waals surface area contributed by atoms with Gasteiger partial charge in [0.1, 0.15) is 18.5 Å². The molecule has 0 aromatic heterocycles. The Balaban J connectivity index is 1.20. The Morgan fingerprint density at radius 1 is 1.03 bits per heavy atom. The number of fused-ring (bicyclic) bond motifs is 2. The summed E-state index contributed by atoms with van der Waals surface area (Å²) in [5.74, 6) is 2.37. The smallest absolute Gasteiger partial charge is 0.252 e. The second-order valence-corrected chi connectivity index (χ2v) is 9.44. The van der Waals surface area contributed by atoms with E-state index in [2.05, 4.69) is 11.4 Å². The fourth-order valence-corrected chi connectivity index (χ4v) is 5.22. The number of nitrogens with zero attached hydrogens (tertiary/aromatic N) is 1. The monoisotopic (exact) mass is 488 g/mol. The van der Waals surface area contributed by atoms with Crippen molar-refractivity contribution < 1.29 is 19.0 Å². The maximum absolute atomic E-state index is 13.3. The molecule has 0 aliphatic carbocycles. The lowest BCUT2D eigenvalue weighted by molar-refractivity contribution is -0.114. The number of benzene rings is 3. The molecule has 0 spiro atoms. The molecular formula is C28H28N2O4S. The zero-order valence-electron chi connectivity index (χ0n) is 19.6. The minimum absolute atomic E-state index is 0.00566. The van der Waals surface area contributed by atoms with E-state index in [0.717, 1.165) is 51.3 Å².